The average Bonchev–Trinajstić information content (AvgIpc) is 3.00. The second-order valence-electron chi connectivity index (χ2n) is 5.90. The van der Waals surface area contributed by atoms with Crippen molar-refractivity contribution in [3.63, 3.8) is 0 Å². The summed E-state index contributed by atoms with van der Waals surface area (Å²) in [6.45, 7) is 5.57. The number of esters is 1. The van der Waals surface area contributed by atoms with Gasteiger partial charge in [0.2, 0.25) is 11.3 Å². The number of ether oxygens (including phenoxy) is 2. The van der Waals surface area contributed by atoms with Gasteiger partial charge in [0.1, 0.15) is 6.54 Å². The van der Waals surface area contributed by atoms with E-state index < -0.39 is 5.97 Å². The predicted molar refractivity (Wildman–Crippen MR) is 98.2 cm³/mol. The molecule has 0 aliphatic carbocycles. The van der Waals surface area contributed by atoms with Gasteiger partial charge >= 0.3 is 5.97 Å². The highest BCUT2D eigenvalue weighted by Crippen LogP contribution is 2.30. The zero-order valence-corrected chi connectivity index (χ0v) is 16.1. The molecule has 2 heterocycles. The maximum Gasteiger partial charge on any atom is 0.357 e. The van der Waals surface area contributed by atoms with Crippen LogP contribution < -0.4 is 15.5 Å². The molecule has 0 spiro atoms. The van der Waals surface area contributed by atoms with Crippen molar-refractivity contribution >= 4 is 28.3 Å². The molecule has 0 saturated heterocycles. The number of nitrogens with zero attached hydrogens (tertiary/aromatic N) is 2. The molecule has 140 valence electrons. The predicted octanol–water partition coefficient (Wildman–Crippen LogP) is 2.17. The molecule has 0 bridgehead atoms. The minimum atomic E-state index is -0.536. The standard InChI is InChI=1S/C17H21N3O5S/c1-9(2)15-14(16(23)25-5)19-17(26-15)18-13(22)8-20-7-12(24-4)11(21)6-10(20)3/h6-7,9H,8H2,1-5H3,(H,18,19,22). The molecule has 0 radical (unpaired) electrons. The highest BCUT2D eigenvalue weighted by atomic mass is 32.1. The number of nitrogens with one attached hydrogen (secondary N) is 1. The minimum Gasteiger partial charge on any atom is -0.491 e. The molecule has 0 fully saturated rings. The van der Waals surface area contributed by atoms with Crippen molar-refractivity contribution in [3.8, 4) is 5.75 Å². The van der Waals surface area contributed by atoms with Gasteiger partial charge in [-0.1, -0.05) is 13.8 Å². The molecule has 1 N–H and O–H groups in total. The van der Waals surface area contributed by atoms with E-state index in [1.807, 2.05) is 13.8 Å². The molecule has 26 heavy (non-hydrogen) atoms. The SMILES string of the molecule is COC(=O)c1nc(NC(=O)Cn2cc(OC)c(=O)cc2C)sc1C(C)C. The topological polar surface area (TPSA) is 99.5 Å². The number of pyridine rings is 1. The Morgan fingerprint density at radius 1 is 1.35 bits per heavy atom. The molecular weight excluding hydrogens is 358 g/mol. The van der Waals surface area contributed by atoms with Gasteiger partial charge in [0.15, 0.2) is 16.6 Å². The third-order valence-electron chi connectivity index (χ3n) is 3.65. The fourth-order valence-corrected chi connectivity index (χ4v) is 3.28. The third-order valence-corrected chi connectivity index (χ3v) is 4.92. The number of carbonyl (C=O) groups is 2. The third kappa shape index (κ3) is 4.29. The van der Waals surface area contributed by atoms with E-state index in [4.69, 9.17) is 9.47 Å². The molecule has 2 aromatic rings. The summed E-state index contributed by atoms with van der Waals surface area (Å²) in [6.07, 6.45) is 1.48. The monoisotopic (exact) mass is 379 g/mol. The second kappa shape index (κ2) is 8.13. The van der Waals surface area contributed by atoms with Crippen molar-refractivity contribution in [1.29, 1.82) is 0 Å². The van der Waals surface area contributed by atoms with Gasteiger partial charge in [-0.2, -0.15) is 0 Å². The van der Waals surface area contributed by atoms with Crippen molar-refractivity contribution < 1.29 is 19.1 Å². The summed E-state index contributed by atoms with van der Waals surface area (Å²) in [5.74, 6) is -0.642. The van der Waals surface area contributed by atoms with Crippen molar-refractivity contribution in [2.75, 3.05) is 19.5 Å². The van der Waals surface area contributed by atoms with Crippen LogP contribution in [-0.4, -0.2) is 35.6 Å². The Morgan fingerprint density at radius 3 is 2.62 bits per heavy atom. The van der Waals surface area contributed by atoms with E-state index >= 15 is 0 Å². The number of anilines is 1. The number of hydrogen-bond donors (Lipinski definition) is 1. The van der Waals surface area contributed by atoms with E-state index in [9.17, 15) is 14.4 Å². The van der Waals surface area contributed by atoms with Crippen LogP contribution in [0.4, 0.5) is 5.13 Å². The van der Waals surface area contributed by atoms with Crippen molar-refractivity contribution in [3.05, 3.63) is 38.8 Å². The number of hydrogen-bond acceptors (Lipinski definition) is 7. The van der Waals surface area contributed by atoms with Crippen LogP contribution in [0.3, 0.4) is 0 Å². The molecule has 0 aliphatic rings. The van der Waals surface area contributed by atoms with Crippen LogP contribution in [-0.2, 0) is 16.1 Å². The van der Waals surface area contributed by atoms with Gasteiger partial charge in [0.05, 0.1) is 20.4 Å². The zero-order valence-electron chi connectivity index (χ0n) is 15.3. The first-order chi connectivity index (χ1) is 12.3. The second-order valence-corrected chi connectivity index (χ2v) is 6.93. The molecule has 1 amide bonds. The van der Waals surface area contributed by atoms with Crippen LogP contribution in [0.2, 0.25) is 0 Å². The van der Waals surface area contributed by atoms with Gasteiger partial charge in [-0.3, -0.25) is 9.59 Å². The highest BCUT2D eigenvalue weighted by molar-refractivity contribution is 7.16. The Morgan fingerprint density at radius 2 is 2.04 bits per heavy atom. The Hall–Kier alpha value is -2.68. The van der Waals surface area contributed by atoms with Crippen molar-refractivity contribution in [1.82, 2.24) is 9.55 Å². The van der Waals surface area contributed by atoms with Gasteiger partial charge in [-0.15, -0.1) is 11.3 Å². The van der Waals surface area contributed by atoms with E-state index in [1.165, 1.54) is 37.8 Å². The van der Waals surface area contributed by atoms with E-state index in [-0.39, 0.29) is 35.2 Å². The van der Waals surface area contributed by atoms with Crippen LogP contribution in [0, 0.1) is 6.92 Å². The molecule has 2 aromatic heterocycles. The maximum absolute atomic E-state index is 12.3. The normalized spacial score (nSPS) is 10.7. The Bertz CT molecular complexity index is 885. The summed E-state index contributed by atoms with van der Waals surface area (Å²) in [6, 6.07) is 1.40. The van der Waals surface area contributed by atoms with E-state index in [1.54, 1.807) is 11.5 Å². The average molecular weight is 379 g/mol. The van der Waals surface area contributed by atoms with Crippen molar-refractivity contribution in [2.45, 2.75) is 33.2 Å². The van der Waals surface area contributed by atoms with Crippen LogP contribution >= 0.6 is 11.3 Å². The number of rotatable bonds is 6. The number of carbonyl (C=O) groups excluding carboxylic acids is 2. The highest BCUT2D eigenvalue weighted by Gasteiger charge is 2.22. The lowest BCUT2D eigenvalue weighted by Crippen LogP contribution is -2.22. The lowest BCUT2D eigenvalue weighted by molar-refractivity contribution is -0.116. The van der Waals surface area contributed by atoms with Gasteiger partial charge in [0, 0.05) is 16.6 Å². The number of aromatic nitrogens is 2. The first kappa shape index (κ1) is 19.6. The molecular formula is C17H21N3O5S. The fourth-order valence-electron chi connectivity index (χ4n) is 2.31. The molecule has 2 rings (SSSR count). The molecule has 0 aromatic carbocycles. The molecule has 0 atom stereocenters. The number of amides is 1. The quantitative estimate of drug-likeness (QED) is 0.772. The van der Waals surface area contributed by atoms with E-state index in [2.05, 4.69) is 10.3 Å². The lowest BCUT2D eigenvalue weighted by atomic mass is 10.1. The molecule has 0 aliphatic heterocycles. The summed E-state index contributed by atoms with van der Waals surface area (Å²) in [5.41, 5.74) is 0.595. The summed E-state index contributed by atoms with van der Waals surface area (Å²) < 4.78 is 11.3. The maximum atomic E-state index is 12.3. The van der Waals surface area contributed by atoms with E-state index in [0.29, 0.717) is 10.8 Å². The van der Waals surface area contributed by atoms with Gasteiger partial charge in [-0.05, 0) is 12.8 Å². The lowest BCUT2D eigenvalue weighted by Gasteiger charge is -2.11. The molecule has 0 unspecified atom stereocenters. The summed E-state index contributed by atoms with van der Waals surface area (Å²) in [5, 5.41) is 3.01. The van der Waals surface area contributed by atoms with Crippen molar-refractivity contribution in [2.24, 2.45) is 0 Å². The van der Waals surface area contributed by atoms with E-state index in [0.717, 1.165) is 4.88 Å². The molecule has 8 nitrogen and oxygen atoms in total. The Kier molecular flexibility index (Phi) is 6.14. The number of thiazole rings is 1. The summed E-state index contributed by atoms with van der Waals surface area (Å²) in [4.78, 5) is 40.8. The van der Waals surface area contributed by atoms with Gasteiger partial charge in [-0.25, -0.2) is 9.78 Å². The summed E-state index contributed by atoms with van der Waals surface area (Å²) >= 11 is 1.24. The molecule has 0 saturated carbocycles. The fraction of sp³-hybridized carbons (Fsp3) is 0.412. The number of aryl methyl sites for hydroxylation is 1. The first-order valence-electron chi connectivity index (χ1n) is 7.90. The van der Waals surface area contributed by atoms with Gasteiger partial charge in [0.25, 0.3) is 0 Å². The minimum absolute atomic E-state index is 0.0212. The van der Waals surface area contributed by atoms with Crippen LogP contribution in [0.5, 0.6) is 5.75 Å². The molecule has 9 heteroatoms. The number of methoxy groups -OCH3 is 2. The Balaban J connectivity index is 2.21. The largest absolute Gasteiger partial charge is 0.491 e. The van der Waals surface area contributed by atoms with Crippen LogP contribution in [0.1, 0.15) is 40.8 Å². The zero-order chi connectivity index (χ0) is 19.4. The van der Waals surface area contributed by atoms with Crippen LogP contribution in [0.25, 0.3) is 0 Å². The van der Waals surface area contributed by atoms with Gasteiger partial charge < -0.3 is 19.4 Å². The smallest absolute Gasteiger partial charge is 0.357 e. The van der Waals surface area contributed by atoms with Crippen LogP contribution in [0.15, 0.2) is 17.1 Å². The summed E-state index contributed by atoms with van der Waals surface area (Å²) in [7, 11) is 2.68. The Labute approximate surface area is 154 Å². The first-order valence-corrected chi connectivity index (χ1v) is 8.72.